The number of hydrogen-bond acceptors (Lipinski definition) is 7. The molecule has 0 atom stereocenters. The predicted octanol–water partition coefficient (Wildman–Crippen LogP) is 4.15. The normalized spacial score (nSPS) is 10.5. The number of benzene rings is 1. The Bertz CT molecular complexity index is 1150. The average Bonchev–Trinajstić information content (AvgIpc) is 3.19. The summed E-state index contributed by atoms with van der Waals surface area (Å²) in [6, 6.07) is 18.9. The van der Waals surface area contributed by atoms with Crippen LogP contribution in [-0.4, -0.2) is 31.3 Å². The summed E-state index contributed by atoms with van der Waals surface area (Å²) in [6.07, 6.45) is 3.44. The molecule has 1 aromatic carbocycles. The zero-order valence-electron chi connectivity index (χ0n) is 15.6. The zero-order valence-corrected chi connectivity index (χ0v) is 16.4. The Hall–Kier alpha value is -3.70. The Morgan fingerprint density at radius 3 is 2.55 bits per heavy atom. The van der Waals surface area contributed by atoms with Gasteiger partial charge in [-0.3, -0.25) is 9.55 Å². The molecule has 0 unspecified atom stereocenters. The maximum atomic E-state index is 9.11. The number of ether oxygens (including phenoxy) is 1. The summed E-state index contributed by atoms with van der Waals surface area (Å²) in [5.41, 5.74) is 2.15. The van der Waals surface area contributed by atoms with Gasteiger partial charge in [0.25, 0.3) is 0 Å². The van der Waals surface area contributed by atoms with E-state index < -0.39 is 0 Å². The SMILES string of the molecule is CCOc1ccc(-n2c(Sc3cccc(C#N)n3)nnc2-c2ccncc2)cc1. The third kappa shape index (κ3) is 4.10. The molecule has 0 saturated carbocycles. The second-order valence-corrected chi connectivity index (χ2v) is 6.87. The first-order valence-corrected chi connectivity index (χ1v) is 9.74. The fourth-order valence-electron chi connectivity index (χ4n) is 2.74. The Labute approximate surface area is 172 Å². The van der Waals surface area contributed by atoms with Crippen molar-refractivity contribution in [3.8, 4) is 28.9 Å². The van der Waals surface area contributed by atoms with Gasteiger partial charge in [-0.25, -0.2) is 4.98 Å². The summed E-state index contributed by atoms with van der Waals surface area (Å²) in [5, 5.41) is 19.2. The van der Waals surface area contributed by atoms with E-state index in [1.807, 2.05) is 54.0 Å². The lowest BCUT2D eigenvalue weighted by Crippen LogP contribution is -2.00. The number of nitrogens with zero attached hydrogens (tertiary/aromatic N) is 6. The number of pyridine rings is 2. The van der Waals surface area contributed by atoms with Gasteiger partial charge in [0, 0.05) is 18.0 Å². The Balaban J connectivity index is 1.79. The van der Waals surface area contributed by atoms with E-state index >= 15 is 0 Å². The van der Waals surface area contributed by atoms with Crippen LogP contribution in [-0.2, 0) is 0 Å². The molecule has 0 fully saturated rings. The molecule has 142 valence electrons. The molecule has 0 spiro atoms. The van der Waals surface area contributed by atoms with Crippen LogP contribution in [0.4, 0.5) is 0 Å². The second kappa shape index (κ2) is 8.54. The van der Waals surface area contributed by atoms with Gasteiger partial charge in [-0.15, -0.1) is 10.2 Å². The first kappa shape index (κ1) is 18.7. The van der Waals surface area contributed by atoms with Crippen molar-refractivity contribution >= 4 is 11.8 Å². The minimum atomic E-state index is 0.358. The predicted molar refractivity (Wildman–Crippen MR) is 109 cm³/mol. The van der Waals surface area contributed by atoms with Crippen LogP contribution in [0.5, 0.6) is 5.75 Å². The molecule has 0 radical (unpaired) electrons. The van der Waals surface area contributed by atoms with Crippen molar-refractivity contribution in [3.05, 3.63) is 72.7 Å². The molecular formula is C21H16N6OS. The molecule has 0 N–H and O–H groups in total. The van der Waals surface area contributed by atoms with Crippen LogP contribution in [0.2, 0.25) is 0 Å². The van der Waals surface area contributed by atoms with E-state index in [2.05, 4.69) is 26.2 Å². The number of hydrogen-bond donors (Lipinski definition) is 0. The van der Waals surface area contributed by atoms with Gasteiger partial charge in [0.2, 0.25) is 5.16 Å². The van der Waals surface area contributed by atoms with E-state index in [0.717, 1.165) is 17.0 Å². The van der Waals surface area contributed by atoms with Crippen LogP contribution < -0.4 is 4.74 Å². The molecule has 0 amide bonds. The molecule has 0 bridgehead atoms. The fourth-order valence-corrected chi connectivity index (χ4v) is 3.58. The summed E-state index contributed by atoms with van der Waals surface area (Å²) >= 11 is 1.35. The lowest BCUT2D eigenvalue weighted by Gasteiger charge is -2.11. The first-order valence-electron chi connectivity index (χ1n) is 8.92. The fraction of sp³-hybridized carbons (Fsp3) is 0.0952. The second-order valence-electron chi connectivity index (χ2n) is 5.88. The van der Waals surface area contributed by atoms with E-state index in [0.29, 0.717) is 28.3 Å². The van der Waals surface area contributed by atoms with Crippen molar-refractivity contribution < 1.29 is 4.74 Å². The molecule has 0 aliphatic rings. The van der Waals surface area contributed by atoms with Crippen LogP contribution in [0.1, 0.15) is 12.6 Å². The van der Waals surface area contributed by atoms with Crippen molar-refractivity contribution in [1.82, 2.24) is 24.7 Å². The summed E-state index contributed by atoms with van der Waals surface area (Å²) < 4.78 is 7.50. The van der Waals surface area contributed by atoms with Gasteiger partial charge < -0.3 is 4.74 Å². The van der Waals surface area contributed by atoms with Crippen LogP contribution in [0, 0.1) is 11.3 Å². The largest absolute Gasteiger partial charge is 0.494 e. The molecule has 4 rings (SSSR count). The molecule has 0 aliphatic heterocycles. The highest BCUT2D eigenvalue weighted by atomic mass is 32.2. The maximum Gasteiger partial charge on any atom is 0.202 e. The van der Waals surface area contributed by atoms with Gasteiger partial charge in [-0.05, 0) is 67.2 Å². The van der Waals surface area contributed by atoms with Gasteiger partial charge in [-0.2, -0.15) is 5.26 Å². The van der Waals surface area contributed by atoms with E-state index in [-0.39, 0.29) is 0 Å². The Kier molecular flexibility index (Phi) is 5.49. The van der Waals surface area contributed by atoms with Gasteiger partial charge in [0.05, 0.1) is 12.3 Å². The van der Waals surface area contributed by atoms with Crippen molar-refractivity contribution in [3.63, 3.8) is 0 Å². The highest BCUT2D eigenvalue weighted by molar-refractivity contribution is 7.99. The van der Waals surface area contributed by atoms with E-state index in [1.54, 1.807) is 24.5 Å². The maximum absolute atomic E-state index is 9.11. The van der Waals surface area contributed by atoms with Gasteiger partial charge in [-0.1, -0.05) is 6.07 Å². The number of nitriles is 1. The molecule has 4 aromatic rings. The van der Waals surface area contributed by atoms with Gasteiger partial charge in [0.15, 0.2) is 5.82 Å². The molecule has 7 nitrogen and oxygen atoms in total. The highest BCUT2D eigenvalue weighted by Gasteiger charge is 2.17. The summed E-state index contributed by atoms with van der Waals surface area (Å²) in [6.45, 7) is 2.56. The van der Waals surface area contributed by atoms with Gasteiger partial charge >= 0.3 is 0 Å². The van der Waals surface area contributed by atoms with Crippen LogP contribution in [0.15, 0.2) is 77.2 Å². The smallest absolute Gasteiger partial charge is 0.202 e. The Morgan fingerprint density at radius 1 is 1.03 bits per heavy atom. The summed E-state index contributed by atoms with van der Waals surface area (Å²) in [7, 11) is 0. The number of aromatic nitrogens is 5. The van der Waals surface area contributed by atoms with Gasteiger partial charge in [0.1, 0.15) is 22.5 Å². The third-order valence-electron chi connectivity index (χ3n) is 4.01. The van der Waals surface area contributed by atoms with E-state index in [4.69, 9.17) is 10.00 Å². The monoisotopic (exact) mass is 400 g/mol. The quantitative estimate of drug-likeness (QED) is 0.480. The molecular weight excluding hydrogens is 384 g/mol. The summed E-state index contributed by atoms with van der Waals surface area (Å²) in [4.78, 5) is 8.41. The molecule has 3 heterocycles. The van der Waals surface area contributed by atoms with E-state index in [9.17, 15) is 0 Å². The van der Waals surface area contributed by atoms with Crippen molar-refractivity contribution in [2.24, 2.45) is 0 Å². The molecule has 29 heavy (non-hydrogen) atoms. The minimum absolute atomic E-state index is 0.358. The number of rotatable bonds is 6. The highest BCUT2D eigenvalue weighted by Crippen LogP contribution is 2.31. The topological polar surface area (TPSA) is 89.5 Å². The van der Waals surface area contributed by atoms with Crippen molar-refractivity contribution in [2.75, 3.05) is 6.61 Å². The molecule has 3 aromatic heterocycles. The standard InChI is InChI=1S/C21H16N6OS/c1-2-28-18-8-6-17(7-9-18)27-20(15-10-12-23-13-11-15)25-26-21(27)29-19-5-3-4-16(14-22)24-19/h3-13H,2H2,1H3. The van der Waals surface area contributed by atoms with Crippen LogP contribution in [0.3, 0.4) is 0 Å². The first-order chi connectivity index (χ1) is 14.3. The van der Waals surface area contributed by atoms with Crippen LogP contribution >= 0.6 is 11.8 Å². The average molecular weight is 400 g/mol. The molecule has 0 saturated heterocycles. The summed E-state index contributed by atoms with van der Waals surface area (Å²) in [5.74, 6) is 1.49. The minimum Gasteiger partial charge on any atom is -0.494 e. The molecule has 0 aliphatic carbocycles. The lowest BCUT2D eigenvalue weighted by atomic mass is 10.2. The molecule has 8 heteroatoms. The van der Waals surface area contributed by atoms with Crippen LogP contribution in [0.25, 0.3) is 17.1 Å². The van der Waals surface area contributed by atoms with Crippen molar-refractivity contribution in [1.29, 1.82) is 5.26 Å². The third-order valence-corrected chi connectivity index (χ3v) is 4.90. The van der Waals surface area contributed by atoms with Crippen molar-refractivity contribution in [2.45, 2.75) is 17.1 Å². The van der Waals surface area contributed by atoms with E-state index in [1.165, 1.54) is 11.8 Å². The zero-order chi connectivity index (χ0) is 20.1. The lowest BCUT2D eigenvalue weighted by molar-refractivity contribution is 0.340. The Morgan fingerprint density at radius 2 is 1.83 bits per heavy atom.